The van der Waals surface area contributed by atoms with Crippen LogP contribution in [-0.2, 0) is 15.8 Å². The number of benzene rings is 1. The van der Waals surface area contributed by atoms with Gasteiger partial charge in [0.1, 0.15) is 5.54 Å². The van der Waals surface area contributed by atoms with E-state index in [1.54, 1.807) is 0 Å². The van der Waals surface area contributed by atoms with Gasteiger partial charge in [-0.2, -0.15) is 13.2 Å². The Morgan fingerprint density at radius 2 is 1.92 bits per heavy atom. The molecule has 1 aliphatic rings. The van der Waals surface area contributed by atoms with E-state index in [9.17, 15) is 22.8 Å². The second-order valence-corrected chi connectivity index (χ2v) is 5.64. The minimum Gasteiger partial charge on any atom is -0.368 e. The van der Waals surface area contributed by atoms with E-state index in [2.05, 4.69) is 10.6 Å². The van der Waals surface area contributed by atoms with Gasteiger partial charge in [-0.15, -0.1) is 0 Å². The number of hydrogen-bond acceptors (Lipinski definition) is 3. The minimum absolute atomic E-state index is 0.235. The number of carbonyl (C=O) groups is 2. The number of amides is 2. The Labute approximate surface area is 137 Å². The molecule has 4 N–H and O–H groups in total. The number of alkyl halides is 3. The molecule has 0 spiro atoms. The fourth-order valence-corrected chi connectivity index (χ4v) is 2.55. The Bertz CT molecular complexity index is 650. The van der Waals surface area contributed by atoms with Crippen LogP contribution in [0.3, 0.4) is 0 Å². The molecular formula is C16H18F3N3O2. The molecule has 1 aromatic rings. The Morgan fingerprint density at radius 3 is 2.50 bits per heavy atom. The van der Waals surface area contributed by atoms with E-state index in [1.165, 1.54) is 18.2 Å². The minimum atomic E-state index is -4.45. The second-order valence-electron chi connectivity index (χ2n) is 5.64. The van der Waals surface area contributed by atoms with Gasteiger partial charge < -0.3 is 16.4 Å². The van der Waals surface area contributed by atoms with E-state index in [0.29, 0.717) is 25.9 Å². The quantitative estimate of drug-likeness (QED) is 0.725. The third-order valence-corrected chi connectivity index (χ3v) is 3.93. The van der Waals surface area contributed by atoms with E-state index in [1.807, 2.05) is 0 Å². The number of nitrogens with one attached hydrogen (secondary N) is 2. The molecule has 0 unspecified atom stereocenters. The molecule has 1 saturated heterocycles. The molecular weight excluding hydrogens is 323 g/mol. The number of rotatable bonds is 4. The van der Waals surface area contributed by atoms with Gasteiger partial charge in [-0.3, -0.25) is 9.59 Å². The lowest BCUT2D eigenvalue weighted by Crippen LogP contribution is -2.61. The number of primary amides is 1. The average Bonchev–Trinajstić information content (AvgIpc) is 2.53. The summed E-state index contributed by atoms with van der Waals surface area (Å²) in [5.41, 5.74) is 3.71. The summed E-state index contributed by atoms with van der Waals surface area (Å²) in [4.78, 5) is 23.7. The lowest BCUT2D eigenvalue weighted by atomic mass is 9.87. The van der Waals surface area contributed by atoms with Crippen LogP contribution in [0.5, 0.6) is 0 Å². The first-order valence-corrected chi connectivity index (χ1v) is 7.41. The van der Waals surface area contributed by atoms with Crippen molar-refractivity contribution in [1.29, 1.82) is 0 Å². The summed E-state index contributed by atoms with van der Waals surface area (Å²) in [6.07, 6.45) is -1.35. The van der Waals surface area contributed by atoms with Crippen molar-refractivity contribution in [3.8, 4) is 0 Å². The van der Waals surface area contributed by atoms with Crippen LogP contribution in [0.2, 0.25) is 0 Å². The van der Waals surface area contributed by atoms with Gasteiger partial charge in [-0.05, 0) is 49.7 Å². The van der Waals surface area contributed by atoms with Crippen LogP contribution in [0.4, 0.5) is 13.2 Å². The Balaban J connectivity index is 2.09. The van der Waals surface area contributed by atoms with Crippen LogP contribution >= 0.6 is 0 Å². The molecule has 1 heterocycles. The molecule has 0 saturated carbocycles. The van der Waals surface area contributed by atoms with Crippen LogP contribution in [0.1, 0.15) is 24.0 Å². The van der Waals surface area contributed by atoms with Gasteiger partial charge in [0, 0.05) is 6.08 Å². The molecule has 0 bridgehead atoms. The van der Waals surface area contributed by atoms with Crippen molar-refractivity contribution >= 4 is 17.9 Å². The lowest BCUT2D eigenvalue weighted by Gasteiger charge is -2.35. The van der Waals surface area contributed by atoms with Gasteiger partial charge in [-0.25, -0.2) is 0 Å². The fraction of sp³-hybridized carbons (Fsp3) is 0.375. The SMILES string of the molecule is NC(=O)C1(NC(=O)/C=C/c2cccc(C(F)(F)F)c2)CCNCC1. The Kier molecular flexibility index (Phi) is 5.28. The van der Waals surface area contributed by atoms with Crippen molar-refractivity contribution in [3.05, 3.63) is 41.5 Å². The summed E-state index contributed by atoms with van der Waals surface area (Å²) >= 11 is 0. The highest BCUT2D eigenvalue weighted by atomic mass is 19.4. The van der Waals surface area contributed by atoms with Crippen LogP contribution in [-0.4, -0.2) is 30.4 Å². The molecule has 1 aliphatic heterocycles. The van der Waals surface area contributed by atoms with Crippen LogP contribution in [0.15, 0.2) is 30.3 Å². The first-order valence-electron chi connectivity index (χ1n) is 7.41. The molecule has 130 valence electrons. The highest BCUT2D eigenvalue weighted by molar-refractivity contribution is 5.97. The summed E-state index contributed by atoms with van der Waals surface area (Å²) in [6, 6.07) is 4.61. The molecule has 0 radical (unpaired) electrons. The van der Waals surface area contributed by atoms with Crippen molar-refractivity contribution in [1.82, 2.24) is 10.6 Å². The number of carbonyl (C=O) groups excluding carboxylic acids is 2. The molecule has 0 atom stereocenters. The molecule has 1 fully saturated rings. The van der Waals surface area contributed by atoms with E-state index < -0.39 is 29.1 Å². The maximum atomic E-state index is 12.7. The summed E-state index contributed by atoms with van der Waals surface area (Å²) in [7, 11) is 0. The van der Waals surface area contributed by atoms with Gasteiger partial charge in [0.05, 0.1) is 5.56 Å². The van der Waals surface area contributed by atoms with Gasteiger partial charge in [0.25, 0.3) is 0 Å². The number of hydrogen-bond donors (Lipinski definition) is 3. The van der Waals surface area contributed by atoms with E-state index in [4.69, 9.17) is 5.73 Å². The van der Waals surface area contributed by atoms with Gasteiger partial charge in [0.2, 0.25) is 11.8 Å². The van der Waals surface area contributed by atoms with E-state index in [0.717, 1.165) is 18.2 Å². The molecule has 2 rings (SSSR count). The average molecular weight is 341 g/mol. The monoisotopic (exact) mass is 341 g/mol. The Hall–Kier alpha value is -2.35. The highest BCUT2D eigenvalue weighted by Crippen LogP contribution is 2.29. The second kappa shape index (κ2) is 7.04. The molecule has 24 heavy (non-hydrogen) atoms. The molecule has 5 nitrogen and oxygen atoms in total. The fourth-order valence-electron chi connectivity index (χ4n) is 2.55. The first kappa shape index (κ1) is 18.0. The van der Waals surface area contributed by atoms with Crippen LogP contribution < -0.4 is 16.4 Å². The normalized spacial score (nSPS) is 17.6. The maximum absolute atomic E-state index is 12.7. The predicted octanol–water partition coefficient (Wildman–Crippen LogP) is 1.44. The standard InChI is InChI=1S/C16H18F3N3O2/c17-16(18,19)12-3-1-2-11(10-12)4-5-13(23)22-15(14(20)24)6-8-21-9-7-15/h1-5,10,21H,6-9H2,(H2,20,24)(H,22,23)/b5-4+. The maximum Gasteiger partial charge on any atom is 0.416 e. The molecule has 8 heteroatoms. The van der Waals surface area contributed by atoms with Crippen molar-refractivity contribution in [2.24, 2.45) is 5.73 Å². The summed E-state index contributed by atoms with van der Waals surface area (Å²) in [5.74, 6) is -1.20. The lowest BCUT2D eigenvalue weighted by molar-refractivity contribution is -0.137. The van der Waals surface area contributed by atoms with Gasteiger partial charge >= 0.3 is 6.18 Å². The third kappa shape index (κ3) is 4.35. The van der Waals surface area contributed by atoms with E-state index in [-0.39, 0.29) is 5.56 Å². The number of piperidine rings is 1. The summed E-state index contributed by atoms with van der Waals surface area (Å²) in [6.45, 7) is 1.08. The van der Waals surface area contributed by atoms with Gasteiger partial charge in [0.15, 0.2) is 0 Å². The molecule has 2 amide bonds. The zero-order valence-corrected chi connectivity index (χ0v) is 12.8. The predicted molar refractivity (Wildman–Crippen MR) is 82.6 cm³/mol. The van der Waals surface area contributed by atoms with E-state index >= 15 is 0 Å². The number of halogens is 3. The zero-order valence-electron chi connectivity index (χ0n) is 12.8. The molecule has 0 aliphatic carbocycles. The van der Waals surface area contributed by atoms with Crippen molar-refractivity contribution in [2.75, 3.05) is 13.1 Å². The van der Waals surface area contributed by atoms with Crippen LogP contribution in [0, 0.1) is 0 Å². The summed E-state index contributed by atoms with van der Waals surface area (Å²) in [5, 5.41) is 5.65. The first-order chi connectivity index (χ1) is 11.2. The number of nitrogens with two attached hydrogens (primary N) is 1. The van der Waals surface area contributed by atoms with Crippen molar-refractivity contribution in [2.45, 2.75) is 24.6 Å². The molecule has 0 aromatic heterocycles. The smallest absolute Gasteiger partial charge is 0.368 e. The van der Waals surface area contributed by atoms with Crippen molar-refractivity contribution in [3.63, 3.8) is 0 Å². The van der Waals surface area contributed by atoms with Crippen molar-refractivity contribution < 1.29 is 22.8 Å². The van der Waals surface area contributed by atoms with Gasteiger partial charge in [-0.1, -0.05) is 12.1 Å². The zero-order chi connectivity index (χ0) is 17.8. The topological polar surface area (TPSA) is 84.2 Å². The largest absolute Gasteiger partial charge is 0.416 e. The highest BCUT2D eigenvalue weighted by Gasteiger charge is 2.38. The summed E-state index contributed by atoms with van der Waals surface area (Å²) < 4.78 is 38.0. The third-order valence-electron chi connectivity index (χ3n) is 3.93. The molecule has 1 aromatic carbocycles. The van der Waals surface area contributed by atoms with Crippen LogP contribution in [0.25, 0.3) is 6.08 Å². The Morgan fingerprint density at radius 1 is 1.25 bits per heavy atom.